The Labute approximate surface area is 128 Å². The van der Waals surface area contributed by atoms with Crippen LogP contribution in [0.2, 0.25) is 0 Å². The number of para-hydroxylation sites is 1. The van der Waals surface area contributed by atoms with Gasteiger partial charge in [0.25, 0.3) is 5.91 Å². The van der Waals surface area contributed by atoms with Crippen molar-refractivity contribution in [3.8, 4) is 5.75 Å². The highest BCUT2D eigenvalue weighted by molar-refractivity contribution is 5.98. The van der Waals surface area contributed by atoms with E-state index in [2.05, 4.69) is 15.2 Å². The predicted molar refractivity (Wildman–Crippen MR) is 81.4 cm³/mol. The van der Waals surface area contributed by atoms with Gasteiger partial charge < -0.3 is 10.1 Å². The summed E-state index contributed by atoms with van der Waals surface area (Å²) in [6.07, 6.45) is 4.39. The monoisotopic (exact) mass is 295 g/mol. The number of carbonyl (C=O) groups excluding carboxylic acids is 1. The molecular weight excluding hydrogens is 278 g/mol. The van der Waals surface area contributed by atoms with E-state index in [1.807, 2.05) is 30.3 Å². The molecule has 5 heteroatoms. The number of ether oxygens (including phenoxy) is 1. The number of carbonyl (C=O) groups is 1. The lowest BCUT2D eigenvalue weighted by Crippen LogP contribution is -2.57. The van der Waals surface area contributed by atoms with Crippen LogP contribution in [0.3, 0.4) is 0 Å². The second-order valence-corrected chi connectivity index (χ2v) is 5.86. The van der Waals surface area contributed by atoms with Crippen molar-refractivity contribution >= 4 is 5.91 Å². The lowest BCUT2D eigenvalue weighted by molar-refractivity contribution is 0.0246. The number of likely N-dealkylation sites (tertiary alicyclic amines) is 1. The van der Waals surface area contributed by atoms with Crippen molar-refractivity contribution in [3.05, 3.63) is 59.9 Å². The molecule has 0 aliphatic carbocycles. The van der Waals surface area contributed by atoms with Crippen LogP contribution in [0.1, 0.15) is 22.3 Å². The van der Waals surface area contributed by atoms with Gasteiger partial charge in [0, 0.05) is 31.9 Å². The molecule has 22 heavy (non-hydrogen) atoms. The number of hydrogen-bond acceptors (Lipinski definition) is 4. The van der Waals surface area contributed by atoms with E-state index < -0.39 is 5.72 Å². The Kier molecular flexibility index (Phi) is 3.08. The molecule has 0 radical (unpaired) electrons. The van der Waals surface area contributed by atoms with Gasteiger partial charge >= 0.3 is 0 Å². The Balaban J connectivity index is 1.52. The molecule has 5 nitrogen and oxygen atoms in total. The molecule has 1 N–H and O–H groups in total. The first-order valence-electron chi connectivity index (χ1n) is 7.46. The number of hydrogen-bond donors (Lipinski definition) is 1. The predicted octanol–water partition coefficient (Wildman–Crippen LogP) is 1.81. The van der Waals surface area contributed by atoms with Gasteiger partial charge in [-0.05, 0) is 29.8 Å². The third-order valence-electron chi connectivity index (χ3n) is 4.24. The molecular formula is C17H17N3O2. The first kappa shape index (κ1) is 13.3. The van der Waals surface area contributed by atoms with Gasteiger partial charge in [-0.15, -0.1) is 0 Å². The first-order valence-corrected chi connectivity index (χ1v) is 7.46. The van der Waals surface area contributed by atoms with Gasteiger partial charge in [-0.2, -0.15) is 0 Å². The highest BCUT2D eigenvalue weighted by Gasteiger charge is 2.45. The summed E-state index contributed by atoms with van der Waals surface area (Å²) in [6, 6.07) is 11.4. The summed E-state index contributed by atoms with van der Waals surface area (Å²) in [5.74, 6) is 0.629. The molecule has 0 saturated carbocycles. The third kappa shape index (κ3) is 2.33. The minimum absolute atomic E-state index is 0.0485. The van der Waals surface area contributed by atoms with Gasteiger partial charge in [0.15, 0.2) is 5.72 Å². The average Bonchev–Trinajstić information content (AvgIpc) is 2.90. The van der Waals surface area contributed by atoms with Crippen molar-refractivity contribution in [2.75, 3.05) is 13.1 Å². The third-order valence-corrected chi connectivity index (χ3v) is 4.24. The van der Waals surface area contributed by atoms with Gasteiger partial charge in [0.1, 0.15) is 5.75 Å². The molecule has 1 saturated heterocycles. The average molecular weight is 295 g/mol. The Bertz CT molecular complexity index is 704. The fourth-order valence-electron chi connectivity index (χ4n) is 3.18. The van der Waals surface area contributed by atoms with Crippen molar-refractivity contribution in [1.29, 1.82) is 0 Å². The van der Waals surface area contributed by atoms with Crippen molar-refractivity contribution in [2.45, 2.75) is 18.7 Å². The van der Waals surface area contributed by atoms with Crippen LogP contribution >= 0.6 is 0 Å². The van der Waals surface area contributed by atoms with Crippen LogP contribution in [0.15, 0.2) is 48.8 Å². The first-order chi connectivity index (χ1) is 10.7. The summed E-state index contributed by atoms with van der Waals surface area (Å²) >= 11 is 0. The van der Waals surface area contributed by atoms with Crippen LogP contribution in [-0.2, 0) is 6.54 Å². The molecule has 2 aromatic rings. The molecule has 2 aliphatic heterocycles. The smallest absolute Gasteiger partial charge is 0.258 e. The fraction of sp³-hybridized carbons (Fsp3) is 0.294. The normalized spacial score (nSPS) is 23.9. The Hall–Kier alpha value is -2.40. The summed E-state index contributed by atoms with van der Waals surface area (Å²) < 4.78 is 6.13. The summed E-state index contributed by atoms with van der Waals surface area (Å²) in [4.78, 5) is 18.6. The van der Waals surface area contributed by atoms with Crippen molar-refractivity contribution in [3.63, 3.8) is 0 Å². The molecule has 1 aromatic carbocycles. The minimum Gasteiger partial charge on any atom is -0.466 e. The zero-order chi connectivity index (χ0) is 15.0. The van der Waals surface area contributed by atoms with Gasteiger partial charge in [0.2, 0.25) is 0 Å². The van der Waals surface area contributed by atoms with E-state index in [0.717, 1.165) is 19.5 Å². The van der Waals surface area contributed by atoms with Crippen LogP contribution in [0.5, 0.6) is 5.75 Å². The Morgan fingerprint density at radius 3 is 2.91 bits per heavy atom. The molecule has 1 fully saturated rings. The lowest BCUT2D eigenvalue weighted by Gasteiger charge is -2.36. The van der Waals surface area contributed by atoms with E-state index in [1.165, 1.54) is 5.56 Å². The number of aromatic nitrogens is 1. The van der Waals surface area contributed by atoms with Crippen molar-refractivity contribution in [1.82, 2.24) is 15.2 Å². The highest BCUT2D eigenvalue weighted by Crippen LogP contribution is 2.33. The largest absolute Gasteiger partial charge is 0.466 e. The number of nitrogens with zero attached hydrogens (tertiary/aromatic N) is 2. The van der Waals surface area contributed by atoms with Gasteiger partial charge in [-0.1, -0.05) is 12.1 Å². The Morgan fingerprint density at radius 2 is 2.05 bits per heavy atom. The number of amides is 1. The molecule has 112 valence electrons. The number of fused-ring (bicyclic) bond motifs is 1. The molecule has 2 aliphatic rings. The van der Waals surface area contributed by atoms with Gasteiger partial charge in [0.05, 0.1) is 12.1 Å². The van der Waals surface area contributed by atoms with E-state index in [0.29, 0.717) is 17.9 Å². The van der Waals surface area contributed by atoms with Crippen LogP contribution in [0, 0.1) is 0 Å². The molecule has 0 bridgehead atoms. The number of nitrogens with one attached hydrogen (secondary N) is 1. The van der Waals surface area contributed by atoms with Crippen molar-refractivity contribution in [2.24, 2.45) is 0 Å². The topological polar surface area (TPSA) is 54.5 Å². The molecule has 1 aromatic heterocycles. The zero-order valence-electron chi connectivity index (χ0n) is 12.2. The molecule has 3 heterocycles. The summed E-state index contributed by atoms with van der Waals surface area (Å²) in [5.41, 5.74) is 1.23. The number of rotatable bonds is 2. The second-order valence-electron chi connectivity index (χ2n) is 5.86. The highest BCUT2D eigenvalue weighted by atomic mass is 16.5. The molecule has 1 spiro atoms. The minimum atomic E-state index is -0.599. The maximum absolute atomic E-state index is 12.3. The standard InChI is InChI=1S/C17H17N3O2/c21-16-14-3-1-2-4-15(14)22-17(19-16)7-10-20(12-17)11-13-5-8-18-9-6-13/h1-6,8-9H,7,10-12H2,(H,19,21). The van der Waals surface area contributed by atoms with E-state index in [1.54, 1.807) is 18.5 Å². The van der Waals surface area contributed by atoms with E-state index in [4.69, 9.17) is 4.74 Å². The lowest BCUT2D eigenvalue weighted by atomic mass is 10.1. The zero-order valence-corrected chi connectivity index (χ0v) is 12.2. The number of benzene rings is 1. The fourth-order valence-corrected chi connectivity index (χ4v) is 3.18. The second kappa shape index (κ2) is 5.10. The van der Waals surface area contributed by atoms with Gasteiger partial charge in [-0.25, -0.2) is 0 Å². The van der Waals surface area contributed by atoms with Crippen molar-refractivity contribution < 1.29 is 9.53 Å². The maximum atomic E-state index is 12.3. The van der Waals surface area contributed by atoms with Crippen LogP contribution < -0.4 is 10.1 Å². The van der Waals surface area contributed by atoms with Crippen LogP contribution in [0.25, 0.3) is 0 Å². The number of pyridine rings is 1. The molecule has 4 rings (SSSR count). The molecule has 1 amide bonds. The molecule has 1 atom stereocenters. The maximum Gasteiger partial charge on any atom is 0.258 e. The van der Waals surface area contributed by atoms with Crippen LogP contribution in [-0.4, -0.2) is 34.6 Å². The quantitative estimate of drug-likeness (QED) is 0.918. The van der Waals surface area contributed by atoms with E-state index in [-0.39, 0.29) is 5.91 Å². The van der Waals surface area contributed by atoms with Crippen LogP contribution in [0.4, 0.5) is 0 Å². The molecule has 1 unspecified atom stereocenters. The van der Waals surface area contributed by atoms with Gasteiger partial charge in [-0.3, -0.25) is 14.7 Å². The summed E-state index contributed by atoms with van der Waals surface area (Å²) in [5, 5.41) is 3.05. The van der Waals surface area contributed by atoms with E-state index in [9.17, 15) is 4.79 Å². The summed E-state index contributed by atoms with van der Waals surface area (Å²) in [6.45, 7) is 2.42. The van der Waals surface area contributed by atoms with E-state index >= 15 is 0 Å². The SMILES string of the molecule is O=C1NC2(CCN(Cc3ccncc3)C2)Oc2ccccc21. The summed E-state index contributed by atoms with van der Waals surface area (Å²) in [7, 11) is 0. The Morgan fingerprint density at radius 1 is 1.23 bits per heavy atom.